The number of amides is 1. The van der Waals surface area contributed by atoms with Crippen molar-refractivity contribution in [2.75, 3.05) is 19.4 Å². The molecule has 0 saturated carbocycles. The van der Waals surface area contributed by atoms with E-state index in [9.17, 15) is 10.1 Å². The van der Waals surface area contributed by atoms with E-state index in [0.29, 0.717) is 22.8 Å². The summed E-state index contributed by atoms with van der Waals surface area (Å²) in [5.41, 5.74) is 10.2. The topological polar surface area (TPSA) is 128 Å². The van der Waals surface area contributed by atoms with Gasteiger partial charge in [0.25, 0.3) is 5.91 Å². The van der Waals surface area contributed by atoms with Crippen LogP contribution in [0.2, 0.25) is 0 Å². The Bertz CT molecular complexity index is 1270. The normalized spacial score (nSPS) is 14.6. The van der Waals surface area contributed by atoms with Crippen molar-refractivity contribution in [3.8, 4) is 6.07 Å². The summed E-state index contributed by atoms with van der Waals surface area (Å²) in [6.45, 7) is 17.4. The molecule has 8 heteroatoms. The third-order valence-corrected chi connectivity index (χ3v) is 6.09. The van der Waals surface area contributed by atoms with E-state index in [4.69, 9.17) is 15.7 Å². The van der Waals surface area contributed by atoms with Gasteiger partial charge in [0.05, 0.1) is 11.5 Å². The van der Waals surface area contributed by atoms with E-state index >= 15 is 0 Å². The number of carbonyl (C=O) groups excluding carboxylic acids is 1. The minimum absolute atomic E-state index is 0.0489. The van der Waals surface area contributed by atoms with Gasteiger partial charge >= 0.3 is 0 Å². The SMILES string of the molecule is C/C=C(\C=C(/N)C(C)(C)C#N)C(=O)Nc1ccc(C)c(C(C)=NC(=NC(C)C)/C(=C/C(=NC)NC)C(C)C)c1. The second kappa shape index (κ2) is 14.8. The molecule has 0 aromatic heterocycles. The van der Waals surface area contributed by atoms with E-state index in [0.717, 1.165) is 28.2 Å². The van der Waals surface area contributed by atoms with Crippen LogP contribution in [-0.2, 0) is 4.79 Å². The van der Waals surface area contributed by atoms with E-state index in [-0.39, 0.29) is 17.9 Å². The molecule has 1 amide bonds. The van der Waals surface area contributed by atoms with E-state index in [2.05, 4.69) is 35.5 Å². The molecule has 0 saturated heterocycles. The smallest absolute Gasteiger partial charge is 0.255 e. The van der Waals surface area contributed by atoms with Gasteiger partial charge in [-0.3, -0.25) is 14.8 Å². The van der Waals surface area contributed by atoms with Crippen LogP contribution in [0.4, 0.5) is 5.69 Å². The molecule has 4 N–H and O–H groups in total. The molecular formula is C31H45N7O. The Labute approximate surface area is 234 Å². The number of nitrogens with one attached hydrogen (secondary N) is 2. The standard InChI is InChI=1S/C31H45N7O/c1-12-23(15-27(33)31(8,9)18-32)30(39)38-24-14-13-21(6)26(16-24)22(7)37-29(36-20(4)5)25(19(2)3)17-28(34-10)35-11/h12-17,19-20H,33H2,1-11H3,(H,34,35)(H,38,39)/b23-12+,25-17+,27-15-,36-29?,37-22?. The molecule has 1 rings (SSSR count). The Balaban J connectivity index is 3.51. The molecule has 0 unspecified atom stereocenters. The van der Waals surface area contributed by atoms with Crippen LogP contribution in [0, 0.1) is 29.6 Å². The molecule has 0 atom stereocenters. The number of hydrogen-bond donors (Lipinski definition) is 3. The van der Waals surface area contributed by atoms with Crippen molar-refractivity contribution in [3.05, 3.63) is 64.4 Å². The lowest BCUT2D eigenvalue weighted by Gasteiger charge is -2.17. The fourth-order valence-electron chi connectivity index (χ4n) is 3.50. The molecule has 0 spiro atoms. The highest BCUT2D eigenvalue weighted by Gasteiger charge is 2.21. The lowest BCUT2D eigenvalue weighted by Crippen LogP contribution is -2.21. The maximum absolute atomic E-state index is 13.0. The first-order valence-electron chi connectivity index (χ1n) is 13.2. The number of aliphatic imine (C=N–C) groups is 3. The van der Waals surface area contributed by atoms with Crippen LogP contribution < -0.4 is 16.4 Å². The van der Waals surface area contributed by atoms with Gasteiger partial charge in [0, 0.05) is 53.9 Å². The monoisotopic (exact) mass is 531 g/mol. The van der Waals surface area contributed by atoms with Crippen LogP contribution in [-0.4, -0.2) is 43.4 Å². The number of aryl methyl sites for hydroxylation is 1. The third kappa shape index (κ3) is 9.68. The number of nitrogens with zero attached hydrogens (tertiary/aromatic N) is 4. The van der Waals surface area contributed by atoms with E-state index in [1.165, 1.54) is 0 Å². The predicted octanol–water partition coefficient (Wildman–Crippen LogP) is 5.72. The van der Waals surface area contributed by atoms with Gasteiger partial charge in [0.15, 0.2) is 5.84 Å². The summed E-state index contributed by atoms with van der Waals surface area (Å²) in [5, 5.41) is 15.4. The average molecular weight is 532 g/mol. The lowest BCUT2D eigenvalue weighted by atomic mass is 9.90. The molecule has 0 heterocycles. The lowest BCUT2D eigenvalue weighted by molar-refractivity contribution is -0.112. The van der Waals surface area contributed by atoms with Gasteiger partial charge in [-0.1, -0.05) is 26.0 Å². The van der Waals surface area contributed by atoms with Gasteiger partial charge in [-0.05, 0) is 84.2 Å². The maximum Gasteiger partial charge on any atom is 0.255 e. The van der Waals surface area contributed by atoms with Crippen LogP contribution in [0.1, 0.15) is 66.5 Å². The summed E-state index contributed by atoms with van der Waals surface area (Å²) in [6.07, 6.45) is 5.20. The number of nitriles is 1. The highest BCUT2D eigenvalue weighted by molar-refractivity contribution is 6.14. The number of amidine groups is 2. The quantitative estimate of drug-likeness (QED) is 0.163. The molecule has 0 bridgehead atoms. The van der Waals surface area contributed by atoms with Crippen molar-refractivity contribution >= 4 is 29.0 Å². The second-order valence-corrected chi connectivity index (χ2v) is 10.4. The first-order chi connectivity index (χ1) is 18.2. The molecule has 210 valence electrons. The van der Waals surface area contributed by atoms with Crippen molar-refractivity contribution < 1.29 is 4.79 Å². The highest BCUT2D eigenvalue weighted by atomic mass is 16.1. The van der Waals surface area contributed by atoms with Crippen molar-refractivity contribution in [1.29, 1.82) is 5.26 Å². The van der Waals surface area contributed by atoms with Crippen molar-refractivity contribution in [2.24, 2.45) is 32.0 Å². The summed E-state index contributed by atoms with van der Waals surface area (Å²) in [6, 6.07) is 7.91. The molecule has 1 aromatic carbocycles. The number of allylic oxidation sites excluding steroid dienone is 2. The minimum Gasteiger partial charge on any atom is -0.401 e. The van der Waals surface area contributed by atoms with E-state index in [1.54, 1.807) is 40.0 Å². The second-order valence-electron chi connectivity index (χ2n) is 10.4. The van der Waals surface area contributed by atoms with Crippen molar-refractivity contribution in [3.63, 3.8) is 0 Å². The predicted molar refractivity (Wildman–Crippen MR) is 165 cm³/mol. The van der Waals surface area contributed by atoms with Crippen LogP contribution in [0.15, 0.2) is 68.2 Å². The largest absolute Gasteiger partial charge is 0.401 e. The first kappa shape index (κ1) is 33.0. The van der Waals surface area contributed by atoms with Gasteiger partial charge in [-0.2, -0.15) is 5.26 Å². The summed E-state index contributed by atoms with van der Waals surface area (Å²) in [4.78, 5) is 27.1. The molecule has 0 aliphatic rings. The summed E-state index contributed by atoms with van der Waals surface area (Å²) < 4.78 is 0. The van der Waals surface area contributed by atoms with Gasteiger partial charge in [-0.25, -0.2) is 4.99 Å². The maximum atomic E-state index is 13.0. The van der Waals surface area contributed by atoms with Gasteiger partial charge in [0.1, 0.15) is 5.84 Å². The fourth-order valence-corrected chi connectivity index (χ4v) is 3.50. The molecule has 0 fully saturated rings. The molecule has 0 radical (unpaired) electrons. The van der Waals surface area contributed by atoms with Gasteiger partial charge in [-0.15, -0.1) is 0 Å². The number of benzene rings is 1. The molecule has 0 aliphatic carbocycles. The third-order valence-electron chi connectivity index (χ3n) is 6.09. The molecule has 39 heavy (non-hydrogen) atoms. The van der Waals surface area contributed by atoms with Crippen LogP contribution in [0.3, 0.4) is 0 Å². The zero-order chi connectivity index (χ0) is 29.9. The zero-order valence-electron chi connectivity index (χ0n) is 25.4. The zero-order valence-corrected chi connectivity index (χ0v) is 25.4. The average Bonchev–Trinajstić information content (AvgIpc) is 2.87. The number of rotatable bonds is 9. The van der Waals surface area contributed by atoms with E-state index in [1.807, 2.05) is 59.0 Å². The number of likely N-dealkylation sites (N-methyl/N-ethyl adjacent to an activating group) is 1. The Morgan fingerprint density at radius 3 is 2.31 bits per heavy atom. The van der Waals surface area contributed by atoms with Crippen LogP contribution in [0.5, 0.6) is 0 Å². The summed E-state index contributed by atoms with van der Waals surface area (Å²) >= 11 is 0. The highest BCUT2D eigenvalue weighted by Crippen LogP contribution is 2.23. The fraction of sp³-hybridized carbons (Fsp3) is 0.452. The Hall–Kier alpha value is -3.99. The number of nitrogens with two attached hydrogens (primary N) is 1. The minimum atomic E-state index is -0.880. The molecular weight excluding hydrogens is 486 g/mol. The van der Waals surface area contributed by atoms with Gasteiger partial charge < -0.3 is 16.4 Å². The molecule has 1 aromatic rings. The van der Waals surface area contributed by atoms with Crippen LogP contribution >= 0.6 is 0 Å². The number of carbonyl (C=O) groups is 1. The van der Waals surface area contributed by atoms with E-state index < -0.39 is 5.41 Å². The van der Waals surface area contributed by atoms with Crippen LogP contribution in [0.25, 0.3) is 0 Å². The Morgan fingerprint density at radius 2 is 1.82 bits per heavy atom. The van der Waals surface area contributed by atoms with Crippen molar-refractivity contribution in [2.45, 2.75) is 68.4 Å². The number of hydrogen-bond acceptors (Lipinski definition) is 5. The molecule has 8 nitrogen and oxygen atoms in total. The van der Waals surface area contributed by atoms with Crippen molar-refractivity contribution in [1.82, 2.24) is 5.32 Å². The summed E-state index contributed by atoms with van der Waals surface area (Å²) in [7, 11) is 3.58. The summed E-state index contributed by atoms with van der Waals surface area (Å²) in [5.74, 6) is 1.25. The Morgan fingerprint density at radius 1 is 1.18 bits per heavy atom. The van der Waals surface area contributed by atoms with Gasteiger partial charge in [0.2, 0.25) is 0 Å². The number of anilines is 1. The Kier molecular flexibility index (Phi) is 12.6. The first-order valence-corrected chi connectivity index (χ1v) is 13.2. The molecule has 0 aliphatic heterocycles.